The Morgan fingerprint density at radius 3 is 2.15 bits per heavy atom. The van der Waals surface area contributed by atoms with Crippen LogP contribution >= 0.6 is 0 Å². The third-order valence-corrected chi connectivity index (χ3v) is 3.16. The van der Waals surface area contributed by atoms with Crippen molar-refractivity contribution in [1.29, 1.82) is 0 Å². The molecule has 1 rings (SSSR count). The number of hydrogen-bond donors (Lipinski definition) is 1. The normalized spacial score (nSPS) is 16.9. The van der Waals surface area contributed by atoms with E-state index in [2.05, 4.69) is 0 Å². The van der Waals surface area contributed by atoms with Gasteiger partial charge in [-0.25, -0.2) is 0 Å². The number of esters is 1. The van der Waals surface area contributed by atoms with Crippen molar-refractivity contribution in [2.45, 2.75) is 52.1 Å². The van der Waals surface area contributed by atoms with E-state index in [1.807, 2.05) is 0 Å². The minimum Gasteiger partial charge on any atom is -0.481 e. The van der Waals surface area contributed by atoms with Gasteiger partial charge in [0.2, 0.25) is 5.91 Å². The van der Waals surface area contributed by atoms with Crippen LogP contribution in [0.5, 0.6) is 0 Å². The van der Waals surface area contributed by atoms with Crippen molar-refractivity contribution in [2.75, 3.05) is 13.1 Å². The molecule has 1 saturated heterocycles. The summed E-state index contributed by atoms with van der Waals surface area (Å²) >= 11 is 0. The minimum absolute atomic E-state index is 0.0644. The molecule has 0 spiro atoms. The summed E-state index contributed by atoms with van der Waals surface area (Å²) in [7, 11) is 0. The molecule has 0 aromatic carbocycles. The lowest BCUT2D eigenvalue weighted by Crippen LogP contribution is -2.40. The molecule has 0 unspecified atom stereocenters. The molecular formula is C14H23NO5. The monoisotopic (exact) mass is 285 g/mol. The number of nitrogens with zero attached hydrogens (tertiary/aromatic N) is 1. The van der Waals surface area contributed by atoms with Crippen LogP contribution in [0.25, 0.3) is 0 Å². The van der Waals surface area contributed by atoms with Crippen LogP contribution in [-0.2, 0) is 19.1 Å². The summed E-state index contributed by atoms with van der Waals surface area (Å²) in [6.45, 7) is 6.24. The summed E-state index contributed by atoms with van der Waals surface area (Å²) in [5, 5.41) is 8.88. The maximum atomic E-state index is 11.9. The fourth-order valence-electron chi connectivity index (χ4n) is 2.14. The number of rotatable bonds is 4. The van der Waals surface area contributed by atoms with E-state index in [1.165, 1.54) is 0 Å². The minimum atomic E-state index is -0.800. The van der Waals surface area contributed by atoms with Crippen LogP contribution < -0.4 is 0 Å². The maximum absolute atomic E-state index is 11.9. The second-order valence-electron chi connectivity index (χ2n) is 6.08. The summed E-state index contributed by atoms with van der Waals surface area (Å²) < 4.78 is 5.14. The van der Waals surface area contributed by atoms with Crippen LogP contribution in [0.2, 0.25) is 0 Å². The van der Waals surface area contributed by atoms with E-state index in [4.69, 9.17) is 9.84 Å². The zero-order valence-corrected chi connectivity index (χ0v) is 12.3. The molecule has 114 valence electrons. The maximum Gasteiger partial charge on any atom is 0.306 e. The van der Waals surface area contributed by atoms with Gasteiger partial charge in [-0.3, -0.25) is 14.4 Å². The summed E-state index contributed by atoms with van der Waals surface area (Å²) in [6, 6.07) is 0. The van der Waals surface area contributed by atoms with Gasteiger partial charge in [0.05, 0.1) is 12.3 Å². The van der Waals surface area contributed by atoms with Gasteiger partial charge in [0.25, 0.3) is 0 Å². The summed E-state index contributed by atoms with van der Waals surface area (Å²) in [4.78, 5) is 35.9. The van der Waals surface area contributed by atoms with Crippen molar-refractivity contribution in [2.24, 2.45) is 5.92 Å². The highest BCUT2D eigenvalue weighted by Crippen LogP contribution is 2.18. The lowest BCUT2D eigenvalue weighted by Gasteiger charge is -2.30. The highest BCUT2D eigenvalue weighted by molar-refractivity contribution is 5.81. The molecule has 0 bridgehead atoms. The first-order valence-corrected chi connectivity index (χ1v) is 6.91. The highest BCUT2D eigenvalue weighted by atomic mass is 16.6. The lowest BCUT2D eigenvalue weighted by molar-refractivity contribution is -0.156. The average molecular weight is 285 g/mol. The number of ether oxygens (including phenoxy) is 1. The van der Waals surface area contributed by atoms with Gasteiger partial charge in [-0.1, -0.05) is 0 Å². The van der Waals surface area contributed by atoms with Gasteiger partial charge >= 0.3 is 11.9 Å². The number of carbonyl (C=O) groups is 3. The van der Waals surface area contributed by atoms with E-state index in [0.29, 0.717) is 25.9 Å². The number of piperidine rings is 1. The second-order valence-corrected chi connectivity index (χ2v) is 6.08. The molecule has 6 heteroatoms. The Bertz CT molecular complexity index is 378. The van der Waals surface area contributed by atoms with E-state index >= 15 is 0 Å². The van der Waals surface area contributed by atoms with Crippen molar-refractivity contribution in [3.63, 3.8) is 0 Å². The summed E-state index contributed by atoms with van der Waals surface area (Å²) in [6.07, 6.45) is 1.14. The third kappa shape index (κ3) is 5.59. The average Bonchev–Trinajstić information content (AvgIpc) is 2.34. The molecule has 0 aromatic rings. The van der Waals surface area contributed by atoms with Gasteiger partial charge in [-0.15, -0.1) is 0 Å². The molecule has 1 amide bonds. The zero-order valence-electron chi connectivity index (χ0n) is 12.3. The van der Waals surface area contributed by atoms with Crippen LogP contribution in [0.15, 0.2) is 0 Å². The molecule has 6 nitrogen and oxygen atoms in total. The second kappa shape index (κ2) is 6.72. The SMILES string of the molecule is CC(C)(C)OC(=O)CCC(=O)N1CCC(C(=O)O)CC1. The summed E-state index contributed by atoms with van der Waals surface area (Å²) in [5.41, 5.74) is -0.542. The molecule has 0 aliphatic carbocycles. The quantitative estimate of drug-likeness (QED) is 0.790. The van der Waals surface area contributed by atoms with Gasteiger partial charge < -0.3 is 14.7 Å². The molecule has 0 radical (unpaired) electrons. The first-order valence-electron chi connectivity index (χ1n) is 6.91. The number of likely N-dealkylation sites (tertiary alicyclic amines) is 1. The standard InChI is InChI=1S/C14H23NO5/c1-14(2,3)20-12(17)5-4-11(16)15-8-6-10(7-9-15)13(18)19/h10H,4-9H2,1-3H3,(H,18,19). The molecule has 0 atom stereocenters. The number of aliphatic carboxylic acids is 1. The van der Waals surface area contributed by atoms with Crippen molar-refractivity contribution in [3.05, 3.63) is 0 Å². The Morgan fingerprint density at radius 2 is 1.70 bits per heavy atom. The van der Waals surface area contributed by atoms with Crippen molar-refractivity contribution >= 4 is 17.8 Å². The van der Waals surface area contributed by atoms with Crippen LogP contribution in [0.4, 0.5) is 0 Å². The van der Waals surface area contributed by atoms with Crippen LogP contribution in [0.3, 0.4) is 0 Å². The number of carbonyl (C=O) groups excluding carboxylic acids is 2. The highest BCUT2D eigenvalue weighted by Gasteiger charge is 2.27. The Morgan fingerprint density at radius 1 is 1.15 bits per heavy atom. The van der Waals surface area contributed by atoms with E-state index in [1.54, 1.807) is 25.7 Å². The molecule has 0 aromatic heterocycles. The predicted octanol–water partition coefficient (Wildman–Crippen LogP) is 1.43. The van der Waals surface area contributed by atoms with E-state index in [-0.39, 0.29) is 30.6 Å². The molecule has 1 aliphatic rings. The number of hydrogen-bond acceptors (Lipinski definition) is 4. The molecule has 1 aliphatic heterocycles. The van der Waals surface area contributed by atoms with Crippen molar-refractivity contribution < 1.29 is 24.2 Å². The Balaban J connectivity index is 2.31. The van der Waals surface area contributed by atoms with Crippen LogP contribution in [-0.4, -0.2) is 46.5 Å². The van der Waals surface area contributed by atoms with Gasteiger partial charge in [0, 0.05) is 19.5 Å². The number of carboxylic acid groups (broad SMARTS) is 1. The predicted molar refractivity (Wildman–Crippen MR) is 72.0 cm³/mol. The molecule has 1 fully saturated rings. The van der Waals surface area contributed by atoms with Crippen LogP contribution in [0.1, 0.15) is 46.5 Å². The number of amides is 1. The smallest absolute Gasteiger partial charge is 0.306 e. The molecular weight excluding hydrogens is 262 g/mol. The topological polar surface area (TPSA) is 83.9 Å². The Kier molecular flexibility index (Phi) is 5.53. The molecule has 1 N–H and O–H groups in total. The van der Waals surface area contributed by atoms with Gasteiger partial charge in [-0.05, 0) is 33.6 Å². The third-order valence-electron chi connectivity index (χ3n) is 3.16. The zero-order chi connectivity index (χ0) is 15.3. The molecule has 20 heavy (non-hydrogen) atoms. The van der Waals surface area contributed by atoms with Crippen molar-refractivity contribution in [1.82, 2.24) is 4.90 Å². The Hall–Kier alpha value is -1.59. The van der Waals surface area contributed by atoms with Gasteiger partial charge in [0.15, 0.2) is 0 Å². The summed E-state index contributed by atoms with van der Waals surface area (Å²) in [5.74, 6) is -1.65. The van der Waals surface area contributed by atoms with Gasteiger partial charge in [0.1, 0.15) is 5.60 Å². The first kappa shape index (κ1) is 16.5. The molecule has 1 heterocycles. The van der Waals surface area contributed by atoms with Gasteiger partial charge in [-0.2, -0.15) is 0 Å². The van der Waals surface area contributed by atoms with Crippen molar-refractivity contribution in [3.8, 4) is 0 Å². The fourth-order valence-corrected chi connectivity index (χ4v) is 2.14. The van der Waals surface area contributed by atoms with E-state index in [9.17, 15) is 14.4 Å². The molecule has 0 saturated carbocycles. The first-order chi connectivity index (χ1) is 9.19. The fraction of sp³-hybridized carbons (Fsp3) is 0.786. The van der Waals surface area contributed by atoms with E-state index in [0.717, 1.165) is 0 Å². The number of carboxylic acids is 1. The van der Waals surface area contributed by atoms with Crippen LogP contribution in [0, 0.1) is 5.92 Å². The largest absolute Gasteiger partial charge is 0.481 e. The lowest BCUT2D eigenvalue weighted by atomic mass is 9.97. The van der Waals surface area contributed by atoms with E-state index < -0.39 is 11.6 Å². The Labute approximate surface area is 119 Å².